The molecule has 0 bridgehead atoms. The molecule has 0 aromatic heterocycles. The van der Waals surface area contributed by atoms with Crippen LogP contribution in [0, 0.1) is 12.8 Å². The van der Waals surface area contributed by atoms with Gasteiger partial charge in [-0.05, 0) is 32.9 Å². The van der Waals surface area contributed by atoms with Crippen LogP contribution in [0.4, 0.5) is 0 Å². The minimum Gasteiger partial charge on any atom is -0.390 e. The molecule has 1 rings (SSSR count). The maximum absolute atomic E-state index is 11.9. The minimum absolute atomic E-state index is 0.0420. The summed E-state index contributed by atoms with van der Waals surface area (Å²) in [5.74, 6) is -0.280. The highest BCUT2D eigenvalue weighted by Crippen LogP contribution is 2.19. The summed E-state index contributed by atoms with van der Waals surface area (Å²) in [7, 11) is -3.74. The van der Waals surface area contributed by atoms with Gasteiger partial charge in [0.1, 0.15) is 0 Å². The van der Waals surface area contributed by atoms with Crippen LogP contribution in [0.2, 0.25) is 0 Å². The molecule has 0 aliphatic heterocycles. The predicted molar refractivity (Wildman–Crippen MR) is 69.8 cm³/mol. The van der Waals surface area contributed by atoms with Gasteiger partial charge in [-0.2, -0.15) is 8.42 Å². The van der Waals surface area contributed by atoms with Crippen molar-refractivity contribution in [1.29, 1.82) is 0 Å². The van der Waals surface area contributed by atoms with Crippen LogP contribution in [-0.2, 0) is 14.3 Å². The van der Waals surface area contributed by atoms with Gasteiger partial charge in [0.2, 0.25) is 0 Å². The highest BCUT2D eigenvalue weighted by Gasteiger charge is 2.25. The summed E-state index contributed by atoms with van der Waals surface area (Å²) in [6, 6.07) is 6.46. The molecule has 18 heavy (non-hydrogen) atoms. The van der Waals surface area contributed by atoms with E-state index in [1.807, 2.05) is 6.92 Å². The van der Waals surface area contributed by atoms with Crippen molar-refractivity contribution >= 4 is 10.1 Å². The molecule has 5 heteroatoms. The molecule has 102 valence electrons. The zero-order chi connectivity index (χ0) is 14.0. The minimum atomic E-state index is -3.74. The van der Waals surface area contributed by atoms with Crippen LogP contribution in [0.3, 0.4) is 0 Å². The molecule has 1 aromatic carbocycles. The van der Waals surface area contributed by atoms with Gasteiger partial charge in [-0.1, -0.05) is 24.6 Å². The molecule has 0 spiro atoms. The van der Waals surface area contributed by atoms with E-state index >= 15 is 0 Å². The summed E-state index contributed by atoms with van der Waals surface area (Å²) in [6.07, 6.45) is 0. The van der Waals surface area contributed by atoms with Gasteiger partial charge in [0.05, 0.1) is 17.1 Å². The maximum atomic E-state index is 11.9. The Morgan fingerprint density at radius 1 is 1.28 bits per heavy atom. The Hall–Kier alpha value is -0.910. The zero-order valence-electron chi connectivity index (χ0n) is 11.2. The number of hydrogen-bond acceptors (Lipinski definition) is 4. The van der Waals surface area contributed by atoms with E-state index in [1.54, 1.807) is 32.9 Å². The first-order valence-electron chi connectivity index (χ1n) is 5.81. The number of hydrogen-bond donors (Lipinski definition) is 1. The molecule has 1 N–H and O–H groups in total. The van der Waals surface area contributed by atoms with Gasteiger partial charge < -0.3 is 5.11 Å². The van der Waals surface area contributed by atoms with E-state index in [1.165, 1.54) is 12.1 Å². The fraction of sp³-hybridized carbons (Fsp3) is 0.538. The molecule has 4 nitrogen and oxygen atoms in total. The van der Waals surface area contributed by atoms with E-state index in [0.29, 0.717) is 0 Å². The average molecular weight is 272 g/mol. The Morgan fingerprint density at radius 2 is 1.78 bits per heavy atom. The van der Waals surface area contributed by atoms with Gasteiger partial charge >= 0.3 is 0 Å². The maximum Gasteiger partial charge on any atom is 0.296 e. The standard InChI is InChI=1S/C13H20O4S/c1-10-5-7-12(8-6-10)18(15,16)17-9-11(2)13(3,4)14/h5-8,11,14H,9H2,1-4H3. The second kappa shape index (κ2) is 5.38. The number of rotatable bonds is 5. The third-order valence-corrected chi connectivity index (χ3v) is 4.28. The van der Waals surface area contributed by atoms with Gasteiger partial charge in [-0.15, -0.1) is 0 Å². The van der Waals surface area contributed by atoms with Crippen LogP contribution in [0.25, 0.3) is 0 Å². The Morgan fingerprint density at radius 3 is 2.22 bits per heavy atom. The third-order valence-electron chi connectivity index (χ3n) is 2.99. The van der Waals surface area contributed by atoms with Crippen molar-refractivity contribution in [2.75, 3.05) is 6.61 Å². The molecule has 0 saturated carbocycles. The lowest BCUT2D eigenvalue weighted by Gasteiger charge is -2.25. The van der Waals surface area contributed by atoms with Gasteiger partial charge in [-0.25, -0.2) is 0 Å². The average Bonchev–Trinajstić information content (AvgIpc) is 2.25. The van der Waals surface area contributed by atoms with Crippen molar-refractivity contribution in [1.82, 2.24) is 0 Å². The van der Waals surface area contributed by atoms with Crippen LogP contribution in [0.5, 0.6) is 0 Å². The molecular formula is C13H20O4S. The molecule has 1 aromatic rings. The van der Waals surface area contributed by atoms with E-state index in [4.69, 9.17) is 4.18 Å². The molecule has 0 amide bonds. The first-order valence-corrected chi connectivity index (χ1v) is 7.22. The van der Waals surface area contributed by atoms with Crippen molar-refractivity contribution in [2.45, 2.75) is 38.2 Å². The molecule has 0 fully saturated rings. The summed E-state index contributed by atoms with van der Waals surface area (Å²) in [4.78, 5) is 0.135. The van der Waals surface area contributed by atoms with Crippen LogP contribution in [0.1, 0.15) is 26.3 Å². The number of aryl methyl sites for hydroxylation is 1. The number of benzene rings is 1. The van der Waals surface area contributed by atoms with Gasteiger partial charge in [-0.3, -0.25) is 4.18 Å². The molecule has 0 aliphatic carbocycles. The monoisotopic (exact) mass is 272 g/mol. The lowest BCUT2D eigenvalue weighted by atomic mass is 9.94. The second-order valence-electron chi connectivity index (χ2n) is 5.11. The lowest BCUT2D eigenvalue weighted by Crippen LogP contribution is -2.32. The third kappa shape index (κ3) is 4.08. The van der Waals surface area contributed by atoms with E-state index in [9.17, 15) is 13.5 Å². The van der Waals surface area contributed by atoms with Crippen LogP contribution < -0.4 is 0 Å². The smallest absolute Gasteiger partial charge is 0.296 e. The highest BCUT2D eigenvalue weighted by atomic mass is 32.2. The topological polar surface area (TPSA) is 63.6 Å². The molecule has 0 aliphatic rings. The fourth-order valence-electron chi connectivity index (χ4n) is 1.17. The lowest BCUT2D eigenvalue weighted by molar-refractivity contribution is 0.00614. The van der Waals surface area contributed by atoms with Crippen LogP contribution in [-0.4, -0.2) is 25.7 Å². The van der Waals surface area contributed by atoms with E-state index < -0.39 is 15.7 Å². The molecule has 0 heterocycles. The summed E-state index contributed by atoms with van der Waals surface area (Å²) >= 11 is 0. The quantitative estimate of drug-likeness (QED) is 0.834. The molecule has 0 saturated heterocycles. The van der Waals surface area contributed by atoms with E-state index in [0.717, 1.165) is 5.56 Å². The summed E-state index contributed by atoms with van der Waals surface area (Å²) in [6.45, 7) is 6.83. The Labute approximate surface area is 109 Å². The first kappa shape index (κ1) is 15.1. The highest BCUT2D eigenvalue weighted by molar-refractivity contribution is 7.86. The first-order chi connectivity index (χ1) is 8.13. The van der Waals surface area contributed by atoms with Gasteiger partial charge in [0.25, 0.3) is 10.1 Å². The predicted octanol–water partition coefficient (Wildman–Crippen LogP) is 2.11. The van der Waals surface area contributed by atoms with Crippen LogP contribution in [0.15, 0.2) is 29.2 Å². The summed E-state index contributed by atoms with van der Waals surface area (Å²) in [5, 5.41) is 9.72. The van der Waals surface area contributed by atoms with Crippen molar-refractivity contribution in [3.63, 3.8) is 0 Å². The van der Waals surface area contributed by atoms with Crippen molar-refractivity contribution in [3.05, 3.63) is 29.8 Å². The summed E-state index contributed by atoms with van der Waals surface area (Å²) in [5.41, 5.74) is 0.0156. The Balaban J connectivity index is 2.75. The Kier molecular flexibility index (Phi) is 4.53. The largest absolute Gasteiger partial charge is 0.390 e. The second-order valence-corrected chi connectivity index (χ2v) is 6.72. The molecular weight excluding hydrogens is 252 g/mol. The van der Waals surface area contributed by atoms with E-state index in [2.05, 4.69) is 0 Å². The van der Waals surface area contributed by atoms with Gasteiger partial charge in [0.15, 0.2) is 0 Å². The fourth-order valence-corrected chi connectivity index (χ4v) is 2.16. The van der Waals surface area contributed by atoms with Crippen molar-refractivity contribution < 1.29 is 17.7 Å². The SMILES string of the molecule is Cc1ccc(S(=O)(=O)OCC(C)C(C)(C)O)cc1. The van der Waals surface area contributed by atoms with Crippen LogP contribution >= 0.6 is 0 Å². The molecule has 0 radical (unpaired) electrons. The molecule has 1 atom stereocenters. The van der Waals surface area contributed by atoms with Crippen molar-refractivity contribution in [3.8, 4) is 0 Å². The number of aliphatic hydroxyl groups is 1. The van der Waals surface area contributed by atoms with Crippen molar-refractivity contribution in [2.24, 2.45) is 5.92 Å². The van der Waals surface area contributed by atoms with Gasteiger partial charge in [0, 0.05) is 5.92 Å². The zero-order valence-corrected chi connectivity index (χ0v) is 12.0. The molecule has 1 unspecified atom stereocenters. The summed E-state index contributed by atoms with van der Waals surface area (Å²) < 4.78 is 28.7. The normalized spacial score (nSPS) is 14.5. The Bertz CT molecular complexity index is 483. The van der Waals surface area contributed by atoms with E-state index in [-0.39, 0.29) is 17.4 Å².